The van der Waals surface area contributed by atoms with Crippen LogP contribution >= 0.6 is 90.7 Å². The fourth-order valence-corrected chi connectivity index (χ4v) is 16.5. The van der Waals surface area contributed by atoms with E-state index in [0.717, 1.165) is 125 Å². The minimum absolute atomic E-state index is 0.335. The molecule has 0 amide bonds. The summed E-state index contributed by atoms with van der Waals surface area (Å²) in [7, 11) is 16.5. The van der Waals surface area contributed by atoms with Gasteiger partial charge >= 0.3 is 12.4 Å². The van der Waals surface area contributed by atoms with Crippen molar-refractivity contribution in [2.75, 3.05) is 124 Å². The molecule has 648 valence electrons. The average Bonchev–Trinajstić information content (AvgIpc) is 1.67. The molecule has 41 heteroatoms. The van der Waals surface area contributed by atoms with Gasteiger partial charge in [0.15, 0.2) is 0 Å². The largest absolute Gasteiger partial charge is 0.405 e. The Bertz CT molecular complexity index is 5790. The van der Waals surface area contributed by atoms with E-state index >= 15 is 0 Å². The van der Waals surface area contributed by atoms with Gasteiger partial charge in [-0.15, -0.1) is 11.3 Å². The van der Waals surface area contributed by atoms with Gasteiger partial charge in [0.2, 0.25) is 0 Å². The van der Waals surface area contributed by atoms with Gasteiger partial charge in [-0.25, -0.2) is 57.4 Å². The van der Waals surface area contributed by atoms with Crippen LogP contribution in [0.25, 0.3) is 84.6 Å². The van der Waals surface area contributed by atoms with Crippen LogP contribution in [0.5, 0.6) is 0 Å². The summed E-state index contributed by atoms with van der Waals surface area (Å²) in [5.41, 5.74) is 6.65. The second-order valence-electron chi connectivity index (χ2n) is 26.1. The van der Waals surface area contributed by atoms with E-state index in [1.165, 1.54) is 131 Å². The summed E-state index contributed by atoms with van der Waals surface area (Å²) in [6, 6.07) is 21.0. The molecule has 0 aliphatic rings. The van der Waals surface area contributed by atoms with Crippen molar-refractivity contribution < 1.29 is 43.9 Å². The Morgan fingerprint density at radius 2 is 0.540 bits per heavy atom. The van der Waals surface area contributed by atoms with Crippen LogP contribution in [-0.4, -0.2) is 182 Å². The van der Waals surface area contributed by atoms with Crippen LogP contribution in [0.3, 0.4) is 0 Å². The highest BCUT2D eigenvalue weighted by atomic mass is 32.1. The highest BCUT2D eigenvalue weighted by Gasteiger charge is 2.31. The van der Waals surface area contributed by atoms with E-state index in [-0.39, 0.29) is 17.5 Å². The maximum absolute atomic E-state index is 13.0. The molecule has 0 radical (unpaired) electrons. The number of rotatable bonds is 20. The van der Waals surface area contributed by atoms with Crippen LogP contribution < -0.4 is 34.7 Å². The first-order chi connectivity index (χ1) is 59.4. The standard InChI is InChI=1S/C11H9F4N3S.C11H10F3N3S.C11H12FN3S.C11H13N3S.C10H10FN3S.C10H11N3S.C10H10N2S.C9H8FN3S/c1-18(6-11(13,14)15)9-5-17-10(19-9)7-2-8(12)4-16-3-7;1-17(7-11(12,13)14)9-6-16-10(18-9)8-3-2-4-15-5-8;1-3-15(2)10-7-14-11(16-10)8-4-9(12)6-13-5-8;1-3-14(2)10-8-13-11(15-10)9-5-4-6-12-7-9;1-14(2)9-6-13-10(15-9)7-3-8(11)5-12-4-7;1-13(2)9-7-12-10(14-9)8-4-3-5-11-6-8;1-2-9-7-12-10(13-9)8-4-3-5-11-6-8;1-11-8-5-13-9(14-8)6-2-7(10)4-12-3-6/h2-5H,6H2,1H3;2-6H,7H2,1H3;4-7H,3H2,1-2H3;4-8H,3H2,1-2H3;3-6H,1-2H3;3-7H,1-2H3;3-7H,2H2,1H3;2-5,11H,1H3. The van der Waals surface area contributed by atoms with Gasteiger partial charge in [-0.3, -0.25) is 39.9 Å². The molecule has 0 saturated heterocycles. The lowest BCUT2D eigenvalue weighted by Crippen LogP contribution is -2.30. The van der Waals surface area contributed by atoms with Gasteiger partial charge in [-0.2, -0.15) is 26.3 Å². The van der Waals surface area contributed by atoms with E-state index in [9.17, 15) is 43.9 Å². The Labute approximate surface area is 742 Å². The Morgan fingerprint density at radius 1 is 0.290 bits per heavy atom. The van der Waals surface area contributed by atoms with Gasteiger partial charge in [0, 0.05) is 206 Å². The number of aryl methyl sites for hydroxylation is 1. The SMILES string of the molecule is CCN(C)c1cnc(-c2cccnc2)s1.CCN(C)c1cnc(-c2cncc(F)c2)s1.CCc1cnc(-c2cccnc2)s1.CN(C)c1cnc(-c2cccnc2)s1.CN(C)c1cnc(-c2cncc(F)c2)s1.CN(CC(F)(F)F)c1cnc(-c2cccnc2)s1.CN(CC(F)(F)F)c1cnc(-c2cncc(F)c2)s1.CNc1cnc(-c2cncc(F)c2)s1. The van der Waals surface area contributed by atoms with Gasteiger partial charge in [0.25, 0.3) is 0 Å². The molecule has 16 heterocycles. The summed E-state index contributed by atoms with van der Waals surface area (Å²) in [4.78, 5) is 76.8. The second kappa shape index (κ2) is 47.7. The fourth-order valence-electron chi connectivity index (χ4n) is 9.72. The van der Waals surface area contributed by atoms with E-state index in [1.54, 1.807) is 108 Å². The number of pyridine rings is 8. The summed E-state index contributed by atoms with van der Waals surface area (Å²) in [5, 5.41) is 15.7. The molecule has 0 unspecified atom stereocenters. The van der Waals surface area contributed by atoms with Crippen LogP contribution in [0, 0.1) is 23.3 Å². The molecule has 124 heavy (non-hydrogen) atoms. The number of thiazole rings is 8. The number of anilines is 7. The van der Waals surface area contributed by atoms with Gasteiger partial charge in [-0.1, -0.05) is 86.3 Å². The molecule has 0 spiro atoms. The molecule has 0 saturated carbocycles. The lowest BCUT2D eigenvalue weighted by atomic mass is 10.3. The maximum atomic E-state index is 13.0. The molecular weight excluding hydrogens is 1770 g/mol. The number of nitrogens with zero attached hydrogens (tertiary/aromatic N) is 22. The summed E-state index contributed by atoms with van der Waals surface area (Å²) in [6.07, 6.45) is 31.3. The third-order valence-corrected chi connectivity index (χ3v) is 25.6. The third-order valence-electron chi connectivity index (χ3n) is 16.2. The highest BCUT2D eigenvalue weighted by Crippen LogP contribution is 2.37. The zero-order valence-corrected chi connectivity index (χ0v) is 75.2. The number of alkyl halides is 6. The van der Waals surface area contributed by atoms with Crippen molar-refractivity contribution in [3.63, 3.8) is 0 Å². The predicted octanol–water partition coefficient (Wildman–Crippen LogP) is 21.8. The first kappa shape index (κ1) is 96.0. The minimum atomic E-state index is -4.28. The molecule has 1 N–H and O–H groups in total. The molecule has 16 aromatic rings. The maximum Gasteiger partial charge on any atom is 0.405 e. The summed E-state index contributed by atoms with van der Waals surface area (Å²) >= 11 is 11.9. The van der Waals surface area contributed by atoms with Crippen molar-refractivity contribution >= 4 is 126 Å². The van der Waals surface area contributed by atoms with Crippen LogP contribution in [-0.2, 0) is 6.42 Å². The molecule has 16 aromatic heterocycles. The quantitative estimate of drug-likeness (QED) is 0.0698. The Morgan fingerprint density at radius 3 is 0.774 bits per heavy atom. The van der Waals surface area contributed by atoms with E-state index in [1.807, 2.05) is 127 Å². The number of nitrogens with one attached hydrogen (secondary N) is 1. The topological polar surface area (TPSA) is 238 Å². The van der Waals surface area contributed by atoms with E-state index in [2.05, 4.69) is 128 Å². The molecule has 0 aliphatic heterocycles. The monoisotopic (exact) mass is 1850 g/mol. The van der Waals surface area contributed by atoms with Gasteiger partial charge < -0.3 is 34.7 Å². The average molecular weight is 1850 g/mol. The smallest absolute Gasteiger partial charge is 0.379 e. The predicted molar refractivity (Wildman–Crippen MR) is 487 cm³/mol. The summed E-state index contributed by atoms with van der Waals surface area (Å²) < 4.78 is 125. The van der Waals surface area contributed by atoms with Gasteiger partial charge in [-0.05, 0) is 93.1 Å². The first-order valence-corrected chi connectivity index (χ1v) is 43.7. The van der Waals surface area contributed by atoms with Crippen LogP contribution in [0.15, 0.2) is 222 Å². The number of halogens is 10. The van der Waals surface area contributed by atoms with E-state index < -0.39 is 31.3 Å². The molecular formula is C83H83F10N23S8. The van der Waals surface area contributed by atoms with Crippen molar-refractivity contribution in [1.82, 2.24) is 79.7 Å². The number of hydrogen-bond acceptors (Lipinski definition) is 31. The summed E-state index contributed by atoms with van der Waals surface area (Å²) in [5.74, 6) is -1.53. The molecule has 0 bridgehead atoms. The van der Waals surface area contributed by atoms with Crippen LogP contribution in [0.2, 0.25) is 0 Å². The normalized spacial score (nSPS) is 10.7. The lowest BCUT2D eigenvalue weighted by Gasteiger charge is -2.17. The van der Waals surface area contributed by atoms with Crippen LogP contribution in [0.1, 0.15) is 25.6 Å². The first-order valence-electron chi connectivity index (χ1n) is 37.2. The Kier molecular flexibility index (Phi) is 36.9. The second-order valence-corrected chi connectivity index (χ2v) is 34.3. The zero-order valence-electron chi connectivity index (χ0n) is 68.7. The highest BCUT2D eigenvalue weighted by molar-refractivity contribution is 7.21. The van der Waals surface area contributed by atoms with Crippen molar-refractivity contribution in [2.45, 2.75) is 39.5 Å². The van der Waals surface area contributed by atoms with E-state index in [4.69, 9.17) is 0 Å². The molecule has 16 rings (SSSR count). The van der Waals surface area contributed by atoms with Crippen LogP contribution in [0.4, 0.5) is 78.9 Å². The molecule has 0 fully saturated rings. The van der Waals surface area contributed by atoms with Crippen molar-refractivity contribution in [2.24, 2.45) is 0 Å². The summed E-state index contributed by atoms with van der Waals surface area (Å²) in [6.45, 7) is 6.21. The van der Waals surface area contributed by atoms with Gasteiger partial charge in [0.1, 0.15) is 111 Å². The number of aromatic nitrogens is 16. The Hall–Kier alpha value is -11.9. The van der Waals surface area contributed by atoms with Crippen molar-refractivity contribution in [3.05, 3.63) is 250 Å². The van der Waals surface area contributed by atoms with E-state index in [0.29, 0.717) is 36.7 Å². The molecule has 0 aromatic carbocycles. The minimum Gasteiger partial charge on any atom is -0.379 e. The van der Waals surface area contributed by atoms with Crippen molar-refractivity contribution in [1.29, 1.82) is 0 Å². The van der Waals surface area contributed by atoms with Gasteiger partial charge in [0.05, 0.1) is 68.2 Å². The Balaban J connectivity index is 0.000000161. The number of hydrogen-bond donors (Lipinski definition) is 1. The molecule has 0 atom stereocenters. The zero-order chi connectivity index (χ0) is 89.3. The molecule has 0 aliphatic carbocycles. The molecule has 23 nitrogen and oxygen atoms in total. The lowest BCUT2D eigenvalue weighted by molar-refractivity contribution is -0.119. The fraction of sp³-hybridized carbons (Fsp3) is 0.229. The third kappa shape index (κ3) is 30.9. The van der Waals surface area contributed by atoms with Crippen molar-refractivity contribution in [3.8, 4) is 84.6 Å².